The smallest absolute Gasteiger partial charge is 0.266 e. The van der Waals surface area contributed by atoms with Gasteiger partial charge in [-0.3, -0.25) is 4.40 Å². The lowest BCUT2D eigenvalue weighted by molar-refractivity contribution is 0.581. The van der Waals surface area contributed by atoms with Gasteiger partial charge in [-0.25, -0.2) is 4.98 Å². The fourth-order valence-electron chi connectivity index (χ4n) is 2.37. The minimum Gasteiger partial charge on any atom is -0.415 e. The lowest BCUT2D eigenvalue weighted by Crippen LogP contribution is -1.86. The van der Waals surface area contributed by atoms with Gasteiger partial charge >= 0.3 is 0 Å². The zero-order valence-electron chi connectivity index (χ0n) is 11.6. The number of hydrogen-bond donors (Lipinski definition) is 0. The summed E-state index contributed by atoms with van der Waals surface area (Å²) in [4.78, 5) is 5.43. The Morgan fingerprint density at radius 2 is 2.00 bits per heavy atom. The highest BCUT2D eigenvalue weighted by molar-refractivity contribution is 7.15. The second-order valence-corrected chi connectivity index (χ2v) is 5.76. The monoisotopic (exact) mass is 296 g/mol. The van der Waals surface area contributed by atoms with E-state index in [0.717, 1.165) is 27.5 Å². The molecule has 0 aliphatic heterocycles. The van der Waals surface area contributed by atoms with E-state index in [0.29, 0.717) is 11.8 Å². The summed E-state index contributed by atoms with van der Waals surface area (Å²) in [6.07, 6.45) is 1.96. The van der Waals surface area contributed by atoms with E-state index >= 15 is 0 Å². The first kappa shape index (κ1) is 12.3. The van der Waals surface area contributed by atoms with Crippen molar-refractivity contribution in [3.8, 4) is 23.0 Å². The molecular weight excluding hydrogens is 284 g/mol. The van der Waals surface area contributed by atoms with Gasteiger partial charge in [0.15, 0.2) is 4.96 Å². The van der Waals surface area contributed by atoms with Crippen molar-refractivity contribution in [1.29, 1.82) is 0 Å². The Morgan fingerprint density at radius 3 is 2.86 bits per heavy atom. The van der Waals surface area contributed by atoms with E-state index in [1.54, 1.807) is 11.3 Å². The van der Waals surface area contributed by atoms with Crippen LogP contribution in [0.4, 0.5) is 0 Å². The fraction of sp³-hybridized carbons (Fsp3) is 0.133. The van der Waals surface area contributed by atoms with Gasteiger partial charge in [0.05, 0.1) is 5.69 Å². The number of rotatable bonds is 2. The van der Waals surface area contributed by atoms with Gasteiger partial charge in [0.25, 0.3) is 5.89 Å². The molecule has 0 fully saturated rings. The zero-order chi connectivity index (χ0) is 14.4. The molecule has 6 heteroatoms. The molecule has 0 bridgehead atoms. The molecule has 4 aromatic rings. The van der Waals surface area contributed by atoms with Gasteiger partial charge in [-0.15, -0.1) is 21.5 Å². The predicted octanol–water partition coefficient (Wildman–Crippen LogP) is 3.73. The average molecular weight is 296 g/mol. The zero-order valence-corrected chi connectivity index (χ0v) is 12.4. The molecule has 0 aliphatic rings. The molecule has 0 atom stereocenters. The van der Waals surface area contributed by atoms with Crippen LogP contribution in [0.1, 0.15) is 11.3 Å². The van der Waals surface area contributed by atoms with Crippen LogP contribution in [0, 0.1) is 13.8 Å². The Bertz CT molecular complexity index is 934. The van der Waals surface area contributed by atoms with Crippen molar-refractivity contribution in [2.75, 3.05) is 0 Å². The summed E-state index contributed by atoms with van der Waals surface area (Å²) >= 11 is 1.58. The third-order valence-electron chi connectivity index (χ3n) is 3.33. The van der Waals surface area contributed by atoms with Crippen LogP contribution in [0.15, 0.2) is 40.3 Å². The van der Waals surface area contributed by atoms with Gasteiger partial charge in [0, 0.05) is 17.1 Å². The highest BCUT2D eigenvalue weighted by Gasteiger charge is 2.18. The second-order valence-electron chi connectivity index (χ2n) is 4.88. The Labute approximate surface area is 124 Å². The molecule has 5 nitrogen and oxygen atoms in total. The summed E-state index contributed by atoms with van der Waals surface area (Å²) in [5.74, 6) is 1.02. The molecule has 0 unspecified atom stereocenters. The van der Waals surface area contributed by atoms with Crippen molar-refractivity contribution in [1.82, 2.24) is 19.6 Å². The standard InChI is InChI=1S/C15H12N4OS/c1-9-4-3-5-11(8-9)13-17-18-14(20-13)12-10(2)16-15-19(12)6-7-21-15/h3-8H,1-2H3. The van der Waals surface area contributed by atoms with E-state index in [-0.39, 0.29) is 0 Å². The van der Waals surface area contributed by atoms with Crippen LogP contribution in [-0.2, 0) is 0 Å². The molecule has 3 aromatic heterocycles. The highest BCUT2D eigenvalue weighted by Crippen LogP contribution is 2.28. The quantitative estimate of drug-likeness (QED) is 0.565. The maximum Gasteiger partial charge on any atom is 0.266 e. The topological polar surface area (TPSA) is 56.2 Å². The Kier molecular flexibility index (Phi) is 2.65. The number of thiazole rings is 1. The van der Waals surface area contributed by atoms with Crippen molar-refractivity contribution >= 4 is 16.3 Å². The van der Waals surface area contributed by atoms with Crippen LogP contribution >= 0.6 is 11.3 Å². The molecule has 0 aliphatic carbocycles. The summed E-state index contributed by atoms with van der Waals surface area (Å²) in [5, 5.41) is 10.3. The minimum atomic E-state index is 0.495. The number of benzene rings is 1. The van der Waals surface area contributed by atoms with Crippen LogP contribution in [0.3, 0.4) is 0 Å². The normalized spacial score (nSPS) is 11.3. The van der Waals surface area contributed by atoms with Gasteiger partial charge in [-0.05, 0) is 26.0 Å². The summed E-state index contributed by atoms with van der Waals surface area (Å²) in [7, 11) is 0. The maximum absolute atomic E-state index is 5.85. The SMILES string of the molecule is Cc1cccc(-c2nnc(-c3c(C)nc4sccn34)o2)c1. The van der Waals surface area contributed by atoms with Gasteiger partial charge in [0.2, 0.25) is 5.89 Å². The Morgan fingerprint density at radius 1 is 1.14 bits per heavy atom. The van der Waals surface area contributed by atoms with E-state index in [2.05, 4.69) is 15.2 Å². The average Bonchev–Trinajstić information content (AvgIpc) is 3.14. The van der Waals surface area contributed by atoms with Gasteiger partial charge in [0.1, 0.15) is 5.69 Å². The number of hydrogen-bond acceptors (Lipinski definition) is 5. The Balaban J connectivity index is 1.84. The van der Waals surface area contributed by atoms with E-state index < -0.39 is 0 Å². The molecule has 3 heterocycles. The van der Waals surface area contributed by atoms with Crippen LogP contribution in [-0.4, -0.2) is 19.6 Å². The van der Waals surface area contributed by atoms with Crippen molar-refractivity contribution in [2.45, 2.75) is 13.8 Å². The molecule has 0 saturated heterocycles. The summed E-state index contributed by atoms with van der Waals surface area (Å²) in [6.45, 7) is 3.99. The molecule has 4 rings (SSSR count). The minimum absolute atomic E-state index is 0.495. The van der Waals surface area contributed by atoms with Gasteiger partial charge in [-0.2, -0.15) is 0 Å². The summed E-state index contributed by atoms with van der Waals surface area (Å²) in [6, 6.07) is 8.01. The van der Waals surface area contributed by atoms with Crippen molar-refractivity contribution in [3.05, 3.63) is 47.1 Å². The third kappa shape index (κ3) is 1.95. The maximum atomic E-state index is 5.85. The lowest BCUT2D eigenvalue weighted by Gasteiger charge is -1.96. The molecule has 0 radical (unpaired) electrons. The van der Waals surface area contributed by atoms with Crippen LogP contribution in [0.5, 0.6) is 0 Å². The van der Waals surface area contributed by atoms with Gasteiger partial charge < -0.3 is 4.42 Å². The summed E-state index contributed by atoms with van der Waals surface area (Å²) < 4.78 is 7.83. The fourth-order valence-corrected chi connectivity index (χ4v) is 3.12. The van der Waals surface area contributed by atoms with Crippen molar-refractivity contribution in [2.24, 2.45) is 0 Å². The number of nitrogens with zero attached hydrogens (tertiary/aromatic N) is 4. The first-order chi connectivity index (χ1) is 10.2. The third-order valence-corrected chi connectivity index (χ3v) is 4.09. The van der Waals surface area contributed by atoms with E-state index in [4.69, 9.17) is 4.42 Å². The van der Waals surface area contributed by atoms with E-state index in [1.165, 1.54) is 0 Å². The number of fused-ring (bicyclic) bond motifs is 1. The molecule has 0 saturated carbocycles. The number of aryl methyl sites for hydroxylation is 2. The lowest BCUT2D eigenvalue weighted by atomic mass is 10.1. The molecule has 104 valence electrons. The highest BCUT2D eigenvalue weighted by atomic mass is 32.1. The van der Waals surface area contributed by atoms with Crippen molar-refractivity contribution < 1.29 is 4.42 Å². The van der Waals surface area contributed by atoms with E-state index in [9.17, 15) is 0 Å². The van der Waals surface area contributed by atoms with Crippen LogP contribution in [0.25, 0.3) is 28.0 Å². The first-order valence-corrected chi connectivity index (χ1v) is 7.43. The van der Waals surface area contributed by atoms with Crippen LogP contribution < -0.4 is 0 Å². The van der Waals surface area contributed by atoms with Crippen LogP contribution in [0.2, 0.25) is 0 Å². The predicted molar refractivity (Wildman–Crippen MR) is 81.3 cm³/mol. The Hall–Kier alpha value is -2.47. The van der Waals surface area contributed by atoms with Gasteiger partial charge in [-0.1, -0.05) is 17.7 Å². The molecule has 0 spiro atoms. The molecule has 1 aromatic carbocycles. The molecular formula is C15H12N4OS. The first-order valence-electron chi connectivity index (χ1n) is 6.55. The molecule has 21 heavy (non-hydrogen) atoms. The largest absolute Gasteiger partial charge is 0.415 e. The number of imidazole rings is 1. The molecule has 0 N–H and O–H groups in total. The van der Waals surface area contributed by atoms with Crippen molar-refractivity contribution in [3.63, 3.8) is 0 Å². The molecule has 0 amide bonds. The number of aromatic nitrogens is 4. The second kappa shape index (κ2) is 4.53. The summed E-state index contributed by atoms with van der Waals surface area (Å²) in [5.41, 5.74) is 3.84. The van der Waals surface area contributed by atoms with E-state index in [1.807, 2.05) is 54.1 Å².